The fourth-order valence-corrected chi connectivity index (χ4v) is 6.11. The van der Waals surface area contributed by atoms with E-state index in [0.717, 1.165) is 14.5 Å². The van der Waals surface area contributed by atoms with Crippen LogP contribution in [-0.2, 0) is 26.6 Å². The van der Waals surface area contributed by atoms with Crippen molar-refractivity contribution < 1.29 is 27.2 Å². The molecule has 1 fully saturated rings. The zero-order valence-corrected chi connectivity index (χ0v) is 18.6. The van der Waals surface area contributed by atoms with Gasteiger partial charge in [0, 0.05) is 13.6 Å². The van der Waals surface area contributed by atoms with Gasteiger partial charge in [0.25, 0.3) is 15.9 Å². The Morgan fingerprint density at radius 1 is 1.26 bits per heavy atom. The number of benzene rings is 1. The fraction of sp³-hybridized carbons (Fsp3) is 0.350. The van der Waals surface area contributed by atoms with E-state index in [2.05, 4.69) is 4.99 Å². The number of furan rings is 1. The minimum absolute atomic E-state index is 0.140. The Morgan fingerprint density at radius 3 is 2.77 bits per heavy atom. The lowest BCUT2D eigenvalue weighted by molar-refractivity contribution is -0.121. The van der Waals surface area contributed by atoms with Crippen molar-refractivity contribution in [3.8, 4) is 0 Å². The van der Waals surface area contributed by atoms with Crippen LogP contribution >= 0.6 is 11.3 Å². The van der Waals surface area contributed by atoms with Crippen LogP contribution in [0.25, 0.3) is 10.2 Å². The second kappa shape index (κ2) is 8.40. The van der Waals surface area contributed by atoms with Crippen LogP contribution in [0.5, 0.6) is 0 Å². The van der Waals surface area contributed by atoms with Gasteiger partial charge in [-0.15, -0.1) is 0 Å². The molecule has 1 amide bonds. The molecule has 31 heavy (non-hydrogen) atoms. The highest BCUT2D eigenvalue weighted by Gasteiger charge is 2.41. The molecule has 3 heterocycles. The molecule has 0 spiro atoms. The maximum Gasteiger partial charge on any atom is 0.374 e. The van der Waals surface area contributed by atoms with Crippen LogP contribution in [0.4, 0.5) is 0 Å². The molecule has 0 saturated carbocycles. The van der Waals surface area contributed by atoms with E-state index >= 15 is 0 Å². The van der Waals surface area contributed by atoms with Gasteiger partial charge >= 0.3 is 5.97 Å². The number of nitrogens with zero attached hydrogens (tertiary/aromatic N) is 3. The van der Waals surface area contributed by atoms with Crippen LogP contribution in [0.15, 0.2) is 50.9 Å². The van der Waals surface area contributed by atoms with Gasteiger partial charge in [-0.25, -0.2) is 13.2 Å². The average molecular weight is 464 g/mol. The van der Waals surface area contributed by atoms with Crippen LogP contribution in [0, 0.1) is 0 Å². The van der Waals surface area contributed by atoms with Gasteiger partial charge in [0.2, 0.25) is 10.9 Å². The standard InChI is InChI=1S/C20H21N3O6S2/c1-3-28-19(25)15-10-11-17(29-15)31(26,27)23-12-6-8-14(23)18(24)21-20-22(2)13-7-4-5-9-16(13)30-20/h4-5,7,9-11,14H,3,6,8,12H2,1-2H3. The SMILES string of the molecule is CCOC(=O)c1ccc(S(=O)(=O)N2CCCC2C(=O)N=c2sc3ccccc3n2C)o1. The Balaban J connectivity index is 1.63. The minimum Gasteiger partial charge on any atom is -0.460 e. The summed E-state index contributed by atoms with van der Waals surface area (Å²) in [6, 6.07) is 9.20. The summed E-state index contributed by atoms with van der Waals surface area (Å²) in [6.45, 7) is 1.95. The van der Waals surface area contributed by atoms with Gasteiger partial charge in [0.15, 0.2) is 4.80 Å². The average Bonchev–Trinajstić information content (AvgIpc) is 3.48. The largest absolute Gasteiger partial charge is 0.460 e. The predicted octanol–water partition coefficient (Wildman–Crippen LogP) is 2.29. The third-order valence-corrected chi connectivity index (χ3v) is 7.93. The second-order valence-electron chi connectivity index (χ2n) is 6.97. The number of thiazole rings is 1. The lowest BCUT2D eigenvalue weighted by Gasteiger charge is -2.19. The summed E-state index contributed by atoms with van der Waals surface area (Å²) in [4.78, 5) is 29.5. The molecule has 4 rings (SSSR count). The maximum absolute atomic E-state index is 13.1. The van der Waals surface area contributed by atoms with Crippen molar-refractivity contribution in [1.82, 2.24) is 8.87 Å². The summed E-state index contributed by atoms with van der Waals surface area (Å²) < 4.78 is 40.1. The molecular formula is C20H21N3O6S2. The molecule has 1 saturated heterocycles. The van der Waals surface area contributed by atoms with E-state index in [9.17, 15) is 18.0 Å². The van der Waals surface area contributed by atoms with Crippen LogP contribution in [0.2, 0.25) is 0 Å². The summed E-state index contributed by atoms with van der Waals surface area (Å²) in [5.74, 6) is -1.48. The van der Waals surface area contributed by atoms with Gasteiger partial charge in [0.05, 0.1) is 16.8 Å². The number of hydrogen-bond donors (Lipinski definition) is 0. The highest BCUT2D eigenvalue weighted by atomic mass is 32.2. The number of hydrogen-bond acceptors (Lipinski definition) is 7. The third kappa shape index (κ3) is 3.95. The predicted molar refractivity (Wildman–Crippen MR) is 113 cm³/mol. The number of aromatic nitrogens is 1. The number of ether oxygens (including phenoxy) is 1. The highest BCUT2D eigenvalue weighted by molar-refractivity contribution is 7.89. The molecule has 164 valence electrons. The van der Waals surface area contributed by atoms with Crippen molar-refractivity contribution in [3.05, 3.63) is 47.0 Å². The van der Waals surface area contributed by atoms with Crippen molar-refractivity contribution in [3.63, 3.8) is 0 Å². The normalized spacial score (nSPS) is 18.0. The Bertz CT molecular complexity index is 1320. The molecule has 0 N–H and O–H groups in total. The quantitative estimate of drug-likeness (QED) is 0.537. The molecule has 1 atom stereocenters. The van der Waals surface area contributed by atoms with E-state index < -0.39 is 33.0 Å². The molecule has 9 nitrogen and oxygen atoms in total. The summed E-state index contributed by atoms with van der Waals surface area (Å²) in [6.07, 6.45) is 0.886. The van der Waals surface area contributed by atoms with Gasteiger partial charge in [-0.3, -0.25) is 4.79 Å². The summed E-state index contributed by atoms with van der Waals surface area (Å²) in [5.41, 5.74) is 0.942. The van der Waals surface area contributed by atoms with E-state index in [4.69, 9.17) is 9.15 Å². The first-order valence-corrected chi connectivity index (χ1v) is 12.0. The lowest BCUT2D eigenvalue weighted by atomic mass is 10.2. The van der Waals surface area contributed by atoms with Gasteiger partial charge in [-0.2, -0.15) is 9.30 Å². The Kier molecular flexibility index (Phi) is 5.82. The second-order valence-corrected chi connectivity index (χ2v) is 9.80. The van der Waals surface area contributed by atoms with Crippen LogP contribution in [0.1, 0.15) is 30.3 Å². The molecule has 1 aromatic carbocycles. The number of rotatable bonds is 5. The topological polar surface area (TPSA) is 111 Å². The van der Waals surface area contributed by atoms with Crippen molar-refractivity contribution in [2.45, 2.75) is 30.9 Å². The first kappa shape index (κ1) is 21.5. The number of aryl methyl sites for hydroxylation is 1. The molecule has 1 aliphatic heterocycles. The van der Waals surface area contributed by atoms with Crippen molar-refractivity contribution in [1.29, 1.82) is 0 Å². The number of esters is 1. The van der Waals surface area contributed by atoms with Gasteiger partial charge < -0.3 is 13.7 Å². The smallest absolute Gasteiger partial charge is 0.374 e. The minimum atomic E-state index is -4.11. The number of amides is 1. The van der Waals surface area contributed by atoms with E-state index in [1.165, 1.54) is 23.5 Å². The molecule has 0 radical (unpaired) electrons. The molecule has 0 aliphatic carbocycles. The summed E-state index contributed by atoms with van der Waals surface area (Å²) in [5, 5.41) is -0.400. The van der Waals surface area contributed by atoms with E-state index in [0.29, 0.717) is 17.6 Å². The number of carbonyl (C=O) groups excluding carboxylic acids is 2. The molecule has 3 aromatic rings. The lowest BCUT2D eigenvalue weighted by Crippen LogP contribution is -2.40. The third-order valence-electron chi connectivity index (χ3n) is 5.03. The monoisotopic (exact) mass is 463 g/mol. The van der Waals surface area contributed by atoms with E-state index in [-0.39, 0.29) is 18.9 Å². The number of fused-ring (bicyclic) bond motifs is 1. The highest BCUT2D eigenvalue weighted by Crippen LogP contribution is 2.28. The van der Waals surface area contributed by atoms with E-state index in [1.54, 1.807) is 6.92 Å². The number of carbonyl (C=O) groups is 2. The Morgan fingerprint density at radius 2 is 2.03 bits per heavy atom. The fourth-order valence-electron chi connectivity index (χ4n) is 3.52. The van der Waals surface area contributed by atoms with Crippen LogP contribution in [-0.4, -0.2) is 48.4 Å². The number of sulfonamides is 1. The van der Waals surface area contributed by atoms with Crippen LogP contribution < -0.4 is 4.80 Å². The Hall–Kier alpha value is -2.76. The van der Waals surface area contributed by atoms with Crippen molar-refractivity contribution in [2.75, 3.05) is 13.2 Å². The van der Waals surface area contributed by atoms with Gasteiger partial charge in [0.1, 0.15) is 6.04 Å². The molecule has 0 bridgehead atoms. The zero-order valence-electron chi connectivity index (χ0n) is 17.0. The molecule has 2 aromatic heterocycles. The first-order chi connectivity index (χ1) is 14.8. The molecule has 1 unspecified atom stereocenters. The van der Waals surface area contributed by atoms with Crippen molar-refractivity contribution in [2.24, 2.45) is 12.0 Å². The van der Waals surface area contributed by atoms with Gasteiger partial charge in [-0.05, 0) is 44.0 Å². The van der Waals surface area contributed by atoms with Gasteiger partial charge in [-0.1, -0.05) is 23.5 Å². The summed E-state index contributed by atoms with van der Waals surface area (Å²) >= 11 is 1.36. The molecule has 11 heteroatoms. The van der Waals surface area contributed by atoms with Crippen molar-refractivity contribution >= 4 is 43.5 Å². The first-order valence-electron chi connectivity index (χ1n) is 9.75. The molecule has 1 aliphatic rings. The maximum atomic E-state index is 13.1. The van der Waals surface area contributed by atoms with E-state index in [1.807, 2.05) is 35.9 Å². The summed E-state index contributed by atoms with van der Waals surface area (Å²) in [7, 11) is -2.30. The van der Waals surface area contributed by atoms with Crippen LogP contribution in [0.3, 0.4) is 0 Å². The Labute approximate surface area is 182 Å². The zero-order chi connectivity index (χ0) is 22.2. The number of para-hydroxylation sites is 1. The molecular weight excluding hydrogens is 442 g/mol.